The Labute approximate surface area is 88.3 Å². The molecule has 4 nitrogen and oxygen atoms in total. The highest BCUT2D eigenvalue weighted by Crippen LogP contribution is 2.12. The van der Waals surface area contributed by atoms with Crippen LogP contribution in [-0.2, 0) is 0 Å². The smallest absolute Gasteiger partial charge is 0.213 e. The van der Waals surface area contributed by atoms with Gasteiger partial charge in [-0.05, 0) is 24.3 Å². The maximum atomic E-state index is 5.73. The van der Waals surface area contributed by atoms with Crippen LogP contribution in [0.5, 0.6) is 0 Å². The van der Waals surface area contributed by atoms with Gasteiger partial charge in [-0.2, -0.15) is 0 Å². The number of benzene rings is 1. The number of rotatable bonds is 2. The first kappa shape index (κ1) is 10.7. The largest absolute Gasteiger partial charge is 0.368 e. The molecule has 5 heteroatoms. The summed E-state index contributed by atoms with van der Waals surface area (Å²) in [6.45, 7) is 0. The van der Waals surface area contributed by atoms with Gasteiger partial charge in [-0.15, -0.1) is 5.10 Å². The molecule has 0 saturated carbocycles. The third-order valence-corrected chi connectivity index (χ3v) is 1.85. The van der Waals surface area contributed by atoms with E-state index in [-0.39, 0.29) is 0 Å². The van der Waals surface area contributed by atoms with E-state index in [0.29, 0.717) is 11.0 Å². The number of halogens is 1. The summed E-state index contributed by atoms with van der Waals surface area (Å²) in [7, 11) is 3.64. The minimum absolute atomic E-state index is 0.417. The predicted molar refractivity (Wildman–Crippen MR) is 60.4 cm³/mol. The molecular weight excluding hydrogens is 200 g/mol. The number of hydrogen-bond acceptors (Lipinski definition) is 2. The van der Waals surface area contributed by atoms with Crippen LogP contribution in [0.4, 0.5) is 5.69 Å². The number of nitrogens with one attached hydrogen (secondary N) is 1. The van der Waals surface area contributed by atoms with Crippen molar-refractivity contribution < 1.29 is 0 Å². The first-order chi connectivity index (χ1) is 6.59. The van der Waals surface area contributed by atoms with Gasteiger partial charge in [0, 0.05) is 19.1 Å². The summed E-state index contributed by atoms with van der Waals surface area (Å²) in [5.74, 6) is 0.417. The van der Waals surface area contributed by atoms with Gasteiger partial charge in [0.2, 0.25) is 5.96 Å². The topological polar surface area (TPSA) is 53.6 Å². The summed E-state index contributed by atoms with van der Waals surface area (Å²) < 4.78 is 0. The molecule has 0 aliphatic heterocycles. The quantitative estimate of drug-likeness (QED) is 0.444. The lowest BCUT2D eigenvalue weighted by Gasteiger charge is -2.10. The van der Waals surface area contributed by atoms with E-state index in [4.69, 9.17) is 17.3 Å². The van der Waals surface area contributed by atoms with E-state index >= 15 is 0 Å². The van der Waals surface area contributed by atoms with Gasteiger partial charge >= 0.3 is 0 Å². The van der Waals surface area contributed by atoms with Gasteiger partial charge in [-0.25, -0.2) is 0 Å². The normalized spacial score (nSPS) is 11.2. The van der Waals surface area contributed by atoms with Crippen molar-refractivity contribution >= 4 is 23.2 Å². The van der Waals surface area contributed by atoms with Crippen LogP contribution < -0.4 is 11.2 Å². The zero-order valence-electron chi connectivity index (χ0n) is 8.16. The van der Waals surface area contributed by atoms with Crippen molar-refractivity contribution in [3.05, 3.63) is 29.3 Å². The Morgan fingerprint density at radius 1 is 1.36 bits per heavy atom. The number of nitrogens with zero attached hydrogens (tertiary/aromatic N) is 2. The standard InChI is InChI=1S/C9H13ClN4/c1-14(2)9(11)13-12-8-5-3-7(10)4-6-8/h3-6,12H,1-2H3,(H2,11,13). The van der Waals surface area contributed by atoms with Gasteiger partial charge in [-0.3, -0.25) is 5.43 Å². The van der Waals surface area contributed by atoms with Crippen molar-refractivity contribution in [1.29, 1.82) is 0 Å². The molecular formula is C9H13ClN4. The first-order valence-corrected chi connectivity index (χ1v) is 4.49. The second-order valence-electron chi connectivity index (χ2n) is 2.98. The average molecular weight is 213 g/mol. The van der Waals surface area contributed by atoms with Crippen molar-refractivity contribution in [2.75, 3.05) is 19.5 Å². The minimum atomic E-state index is 0.417. The number of hydrazone groups is 1. The molecule has 1 aromatic rings. The lowest BCUT2D eigenvalue weighted by atomic mass is 10.3. The molecule has 0 bridgehead atoms. The number of guanidine groups is 1. The molecule has 1 rings (SSSR count). The van der Waals surface area contributed by atoms with Gasteiger partial charge in [0.15, 0.2) is 0 Å². The molecule has 0 unspecified atom stereocenters. The second kappa shape index (κ2) is 4.72. The van der Waals surface area contributed by atoms with E-state index in [1.54, 1.807) is 17.0 Å². The number of anilines is 1. The summed E-state index contributed by atoms with van der Waals surface area (Å²) in [6, 6.07) is 7.22. The Morgan fingerprint density at radius 2 is 1.93 bits per heavy atom. The van der Waals surface area contributed by atoms with Crippen LogP contribution >= 0.6 is 11.6 Å². The summed E-state index contributed by atoms with van der Waals surface area (Å²) in [5, 5.41) is 4.65. The second-order valence-corrected chi connectivity index (χ2v) is 3.42. The van der Waals surface area contributed by atoms with Crippen LogP contribution in [-0.4, -0.2) is 25.0 Å². The van der Waals surface area contributed by atoms with Crippen molar-refractivity contribution in [2.45, 2.75) is 0 Å². The Hall–Kier alpha value is -1.42. The lowest BCUT2D eigenvalue weighted by Crippen LogP contribution is -2.31. The molecule has 0 aliphatic carbocycles. The van der Waals surface area contributed by atoms with Crippen LogP contribution in [0.25, 0.3) is 0 Å². The molecule has 0 aliphatic rings. The van der Waals surface area contributed by atoms with E-state index in [9.17, 15) is 0 Å². The van der Waals surface area contributed by atoms with Crippen molar-refractivity contribution in [1.82, 2.24) is 4.90 Å². The molecule has 76 valence electrons. The van der Waals surface area contributed by atoms with Crippen molar-refractivity contribution in [3.8, 4) is 0 Å². The monoisotopic (exact) mass is 212 g/mol. The Morgan fingerprint density at radius 3 is 2.43 bits per heavy atom. The van der Waals surface area contributed by atoms with Crippen LogP contribution in [0, 0.1) is 0 Å². The first-order valence-electron chi connectivity index (χ1n) is 4.11. The van der Waals surface area contributed by atoms with Crippen LogP contribution in [0.15, 0.2) is 29.4 Å². The summed E-state index contributed by atoms with van der Waals surface area (Å²) in [6.07, 6.45) is 0. The molecule has 0 atom stereocenters. The molecule has 0 fully saturated rings. The van der Waals surface area contributed by atoms with Crippen LogP contribution in [0.1, 0.15) is 0 Å². The SMILES string of the molecule is CN(C)/C(N)=N/Nc1ccc(Cl)cc1. The van der Waals surface area contributed by atoms with Gasteiger partial charge < -0.3 is 10.6 Å². The van der Waals surface area contributed by atoms with E-state index in [0.717, 1.165) is 5.69 Å². The summed E-state index contributed by atoms with van der Waals surface area (Å²) in [5.41, 5.74) is 9.24. The molecule has 0 radical (unpaired) electrons. The lowest BCUT2D eigenvalue weighted by molar-refractivity contribution is 0.613. The number of nitrogens with two attached hydrogens (primary N) is 1. The molecule has 14 heavy (non-hydrogen) atoms. The van der Waals surface area contributed by atoms with Crippen LogP contribution in [0.2, 0.25) is 5.02 Å². The molecule has 3 N–H and O–H groups in total. The third-order valence-electron chi connectivity index (χ3n) is 1.60. The van der Waals surface area contributed by atoms with E-state index in [1.807, 2.05) is 26.2 Å². The highest BCUT2D eigenvalue weighted by atomic mass is 35.5. The predicted octanol–water partition coefficient (Wildman–Crippen LogP) is 1.54. The highest BCUT2D eigenvalue weighted by molar-refractivity contribution is 6.30. The Balaban J connectivity index is 2.62. The van der Waals surface area contributed by atoms with Crippen molar-refractivity contribution in [3.63, 3.8) is 0 Å². The fourth-order valence-electron chi connectivity index (χ4n) is 0.746. The van der Waals surface area contributed by atoms with Gasteiger partial charge in [0.25, 0.3) is 0 Å². The molecule has 1 aromatic carbocycles. The molecule has 0 heterocycles. The molecule has 0 aromatic heterocycles. The van der Waals surface area contributed by atoms with E-state index < -0.39 is 0 Å². The zero-order chi connectivity index (χ0) is 10.6. The Bertz CT molecular complexity index is 318. The van der Waals surface area contributed by atoms with Crippen LogP contribution in [0.3, 0.4) is 0 Å². The summed E-state index contributed by atoms with van der Waals surface area (Å²) >= 11 is 5.73. The molecule has 0 spiro atoms. The Kier molecular flexibility index (Phi) is 3.59. The maximum Gasteiger partial charge on any atom is 0.213 e. The third kappa shape index (κ3) is 3.14. The van der Waals surface area contributed by atoms with Gasteiger partial charge in [-0.1, -0.05) is 11.6 Å². The fourth-order valence-corrected chi connectivity index (χ4v) is 0.872. The van der Waals surface area contributed by atoms with E-state index in [1.165, 1.54) is 0 Å². The summed E-state index contributed by atoms with van der Waals surface area (Å²) in [4.78, 5) is 1.71. The van der Waals surface area contributed by atoms with E-state index in [2.05, 4.69) is 10.5 Å². The average Bonchev–Trinajstić information content (AvgIpc) is 2.16. The van der Waals surface area contributed by atoms with Gasteiger partial charge in [0.05, 0.1) is 5.69 Å². The molecule has 0 amide bonds. The van der Waals surface area contributed by atoms with Gasteiger partial charge in [0.1, 0.15) is 0 Å². The number of hydrogen-bond donors (Lipinski definition) is 2. The highest BCUT2D eigenvalue weighted by Gasteiger charge is 1.93. The maximum absolute atomic E-state index is 5.73. The fraction of sp³-hybridized carbons (Fsp3) is 0.222. The van der Waals surface area contributed by atoms with Crippen molar-refractivity contribution in [2.24, 2.45) is 10.8 Å². The minimum Gasteiger partial charge on any atom is -0.368 e. The zero-order valence-corrected chi connectivity index (χ0v) is 8.92. The molecule has 0 saturated heterocycles.